The van der Waals surface area contributed by atoms with Crippen LogP contribution in [-0.4, -0.2) is 59.0 Å². The van der Waals surface area contributed by atoms with E-state index in [9.17, 15) is 18.0 Å². The van der Waals surface area contributed by atoms with Crippen molar-refractivity contribution < 1.29 is 27.5 Å². The summed E-state index contributed by atoms with van der Waals surface area (Å²) in [5, 5.41) is 3.24. The van der Waals surface area contributed by atoms with Crippen molar-refractivity contribution in [2.24, 2.45) is 0 Å². The number of ether oxygens (including phenoxy) is 2. The summed E-state index contributed by atoms with van der Waals surface area (Å²) >= 11 is 12.3. The fourth-order valence-electron chi connectivity index (χ4n) is 4.65. The van der Waals surface area contributed by atoms with E-state index in [1.54, 1.807) is 37.3 Å². The topological polar surface area (TPSA) is 105 Å². The fraction of sp³-hybridized carbons (Fsp3) is 0.333. The van der Waals surface area contributed by atoms with Crippen LogP contribution in [0.25, 0.3) is 0 Å². The van der Waals surface area contributed by atoms with Crippen LogP contribution in [-0.2, 0) is 26.2 Å². The summed E-state index contributed by atoms with van der Waals surface area (Å²) < 4.78 is 40.1. The lowest BCUT2D eigenvalue weighted by atomic mass is 10.1. The van der Waals surface area contributed by atoms with Crippen LogP contribution in [0.2, 0.25) is 10.0 Å². The molecular formula is C30H35Cl2N3O6S. The van der Waals surface area contributed by atoms with Crippen LogP contribution in [0.1, 0.15) is 30.0 Å². The number of hydrogen-bond acceptors (Lipinski definition) is 6. The van der Waals surface area contributed by atoms with E-state index in [0.717, 1.165) is 15.4 Å². The highest BCUT2D eigenvalue weighted by molar-refractivity contribution is 7.92. The van der Waals surface area contributed by atoms with Gasteiger partial charge in [-0.3, -0.25) is 13.9 Å². The lowest BCUT2D eigenvalue weighted by molar-refractivity contribution is -0.140. The Morgan fingerprint density at radius 3 is 2.10 bits per heavy atom. The summed E-state index contributed by atoms with van der Waals surface area (Å²) in [5.74, 6) is -0.391. The molecule has 1 N–H and O–H groups in total. The van der Waals surface area contributed by atoms with Gasteiger partial charge in [0.05, 0.1) is 34.8 Å². The summed E-state index contributed by atoms with van der Waals surface area (Å²) in [6.45, 7) is 4.88. The highest BCUT2D eigenvalue weighted by Crippen LogP contribution is 2.33. The van der Waals surface area contributed by atoms with Gasteiger partial charge in [0, 0.05) is 19.7 Å². The van der Waals surface area contributed by atoms with E-state index >= 15 is 0 Å². The Morgan fingerprint density at radius 2 is 1.55 bits per heavy atom. The molecule has 0 aliphatic rings. The van der Waals surface area contributed by atoms with Crippen LogP contribution >= 0.6 is 23.2 Å². The summed E-state index contributed by atoms with van der Waals surface area (Å²) in [6, 6.07) is 13.6. The zero-order valence-electron chi connectivity index (χ0n) is 24.4. The molecule has 0 radical (unpaired) electrons. The van der Waals surface area contributed by atoms with E-state index in [0.29, 0.717) is 33.5 Å². The van der Waals surface area contributed by atoms with Crippen molar-refractivity contribution in [1.29, 1.82) is 0 Å². The molecule has 1 atom stereocenters. The molecule has 0 aliphatic carbocycles. The highest BCUT2D eigenvalue weighted by atomic mass is 35.5. The first-order chi connectivity index (χ1) is 19.9. The molecular weight excluding hydrogens is 601 g/mol. The second-order valence-electron chi connectivity index (χ2n) is 9.68. The molecule has 0 aromatic heterocycles. The average Bonchev–Trinajstić information content (AvgIpc) is 2.96. The maximum absolute atomic E-state index is 14.2. The average molecular weight is 637 g/mol. The summed E-state index contributed by atoms with van der Waals surface area (Å²) in [5.41, 5.74) is 2.56. The number of rotatable bonds is 12. The van der Waals surface area contributed by atoms with E-state index in [1.165, 1.54) is 44.4 Å². The van der Waals surface area contributed by atoms with Crippen LogP contribution in [0.3, 0.4) is 0 Å². The normalized spacial score (nSPS) is 11.9. The Labute approximate surface area is 257 Å². The van der Waals surface area contributed by atoms with E-state index in [-0.39, 0.29) is 23.1 Å². The number of nitrogens with zero attached hydrogens (tertiary/aromatic N) is 2. The van der Waals surface area contributed by atoms with Gasteiger partial charge in [-0.15, -0.1) is 0 Å². The maximum atomic E-state index is 14.2. The Bertz CT molecular complexity index is 1540. The third kappa shape index (κ3) is 7.48. The minimum absolute atomic E-state index is 0.00125. The van der Waals surface area contributed by atoms with Gasteiger partial charge in [0.2, 0.25) is 11.8 Å². The smallest absolute Gasteiger partial charge is 0.264 e. The number of carbonyl (C=O) groups excluding carboxylic acids is 2. The molecule has 3 aromatic rings. The third-order valence-electron chi connectivity index (χ3n) is 6.69. The fourth-order valence-corrected chi connectivity index (χ4v) is 6.38. The number of carbonyl (C=O) groups is 2. The van der Waals surface area contributed by atoms with Crippen molar-refractivity contribution >= 4 is 50.7 Å². The monoisotopic (exact) mass is 635 g/mol. The first-order valence-electron chi connectivity index (χ1n) is 13.1. The molecule has 2 amide bonds. The number of benzene rings is 3. The quantitative estimate of drug-likeness (QED) is 0.287. The third-order valence-corrected chi connectivity index (χ3v) is 9.19. The Balaban J connectivity index is 2.14. The first-order valence-corrected chi connectivity index (χ1v) is 15.3. The molecule has 12 heteroatoms. The number of sulfonamides is 1. The Hall–Kier alpha value is -3.47. The maximum Gasteiger partial charge on any atom is 0.264 e. The predicted octanol–water partition coefficient (Wildman–Crippen LogP) is 5.38. The van der Waals surface area contributed by atoms with E-state index in [4.69, 9.17) is 32.7 Å². The van der Waals surface area contributed by atoms with Crippen LogP contribution < -0.4 is 19.1 Å². The molecule has 9 nitrogen and oxygen atoms in total. The van der Waals surface area contributed by atoms with Gasteiger partial charge in [0.25, 0.3) is 10.0 Å². The van der Waals surface area contributed by atoms with Crippen molar-refractivity contribution in [3.63, 3.8) is 0 Å². The van der Waals surface area contributed by atoms with Gasteiger partial charge in [-0.2, -0.15) is 0 Å². The minimum atomic E-state index is -4.31. The molecule has 3 aromatic carbocycles. The SMILES string of the molecule is CC[C@@H](C(=O)NC)N(Cc1ccc(Cl)c(Cl)c1)C(=O)CN(c1cc(C)cc(C)c1)S(=O)(=O)c1ccc(OC)c(OC)c1. The van der Waals surface area contributed by atoms with E-state index in [1.807, 2.05) is 19.9 Å². The lowest BCUT2D eigenvalue weighted by Gasteiger charge is -2.33. The van der Waals surface area contributed by atoms with Gasteiger partial charge in [-0.05, 0) is 73.4 Å². The molecule has 3 rings (SSSR count). The molecule has 0 bridgehead atoms. The number of anilines is 1. The highest BCUT2D eigenvalue weighted by Gasteiger charge is 2.34. The second-order valence-corrected chi connectivity index (χ2v) is 12.4. The summed E-state index contributed by atoms with van der Waals surface area (Å²) in [7, 11) is 0.0330. The molecule has 0 unspecified atom stereocenters. The standard InChI is InChI=1S/C30H35Cl2N3O6S/c1-7-26(30(37)33-4)34(17-21-8-10-24(31)25(32)15-21)29(36)18-35(22-13-19(2)12-20(3)14-22)42(38,39)23-9-11-27(40-5)28(16-23)41-6/h8-16,26H,7,17-18H2,1-6H3,(H,33,37)/t26-/m0/s1. The van der Waals surface area contributed by atoms with Gasteiger partial charge in [-0.1, -0.05) is 42.3 Å². The van der Waals surface area contributed by atoms with Crippen molar-refractivity contribution in [2.75, 3.05) is 32.1 Å². The molecule has 0 fully saturated rings. The number of likely N-dealkylation sites (N-methyl/N-ethyl adjacent to an activating group) is 1. The number of nitrogens with one attached hydrogen (secondary N) is 1. The predicted molar refractivity (Wildman–Crippen MR) is 165 cm³/mol. The summed E-state index contributed by atoms with van der Waals surface area (Å²) in [4.78, 5) is 28.3. The number of halogens is 2. The van der Waals surface area contributed by atoms with Crippen molar-refractivity contribution in [2.45, 2.75) is 44.7 Å². The lowest BCUT2D eigenvalue weighted by Crippen LogP contribution is -2.51. The molecule has 0 heterocycles. The van der Waals surface area contributed by atoms with Crippen LogP contribution in [0.5, 0.6) is 11.5 Å². The van der Waals surface area contributed by atoms with E-state index in [2.05, 4.69) is 5.32 Å². The molecule has 42 heavy (non-hydrogen) atoms. The van der Waals surface area contributed by atoms with Crippen LogP contribution in [0.4, 0.5) is 5.69 Å². The number of amides is 2. The second kappa shape index (κ2) is 14.1. The van der Waals surface area contributed by atoms with Crippen molar-refractivity contribution in [3.05, 3.63) is 81.3 Å². The van der Waals surface area contributed by atoms with Crippen molar-refractivity contribution in [3.8, 4) is 11.5 Å². The van der Waals surface area contributed by atoms with E-state index < -0.39 is 28.5 Å². The number of methoxy groups -OCH3 is 2. The molecule has 0 aliphatic heterocycles. The number of hydrogen-bond donors (Lipinski definition) is 1. The molecule has 0 spiro atoms. The Morgan fingerprint density at radius 1 is 0.905 bits per heavy atom. The van der Waals surface area contributed by atoms with Gasteiger partial charge >= 0.3 is 0 Å². The van der Waals surface area contributed by atoms with Crippen LogP contribution in [0.15, 0.2) is 59.5 Å². The largest absolute Gasteiger partial charge is 0.493 e. The van der Waals surface area contributed by atoms with Gasteiger partial charge in [0.15, 0.2) is 11.5 Å². The number of aryl methyl sites for hydroxylation is 2. The zero-order chi connectivity index (χ0) is 31.2. The summed E-state index contributed by atoms with van der Waals surface area (Å²) in [6.07, 6.45) is 0.290. The molecule has 0 saturated carbocycles. The molecule has 0 saturated heterocycles. The van der Waals surface area contributed by atoms with Crippen LogP contribution in [0, 0.1) is 13.8 Å². The molecule has 226 valence electrons. The van der Waals surface area contributed by atoms with Gasteiger partial charge < -0.3 is 19.7 Å². The van der Waals surface area contributed by atoms with Gasteiger partial charge in [0.1, 0.15) is 12.6 Å². The Kier molecular flexibility index (Phi) is 11.1. The zero-order valence-corrected chi connectivity index (χ0v) is 26.7. The minimum Gasteiger partial charge on any atom is -0.493 e. The first kappa shape index (κ1) is 33.0. The van der Waals surface area contributed by atoms with Gasteiger partial charge in [-0.25, -0.2) is 8.42 Å². The van der Waals surface area contributed by atoms with Crippen molar-refractivity contribution in [1.82, 2.24) is 10.2 Å².